The van der Waals surface area contributed by atoms with Crippen LogP contribution in [0.15, 0.2) is 0 Å². The van der Waals surface area contributed by atoms with Crippen molar-refractivity contribution in [3.63, 3.8) is 0 Å². The number of rotatable bonds is 4. The van der Waals surface area contributed by atoms with Crippen molar-refractivity contribution in [3.05, 3.63) is 0 Å². The van der Waals surface area contributed by atoms with Crippen LogP contribution < -0.4 is 0 Å². The molecule has 0 N–H and O–H groups in total. The molecule has 1 heterocycles. The Morgan fingerprint density at radius 1 is 1.42 bits per heavy atom. The van der Waals surface area contributed by atoms with Gasteiger partial charge in [0.25, 0.3) is 0 Å². The highest BCUT2D eigenvalue weighted by Gasteiger charge is 2.29. The molecule has 1 aliphatic rings. The maximum Gasteiger partial charge on any atom is 0.124 e. The van der Waals surface area contributed by atoms with Crippen molar-refractivity contribution in [2.75, 3.05) is 19.6 Å². The lowest BCUT2D eigenvalue weighted by atomic mass is 9.88. The van der Waals surface area contributed by atoms with E-state index < -0.39 is 0 Å². The van der Waals surface area contributed by atoms with Crippen molar-refractivity contribution in [2.45, 2.75) is 20.8 Å². The summed E-state index contributed by atoms with van der Waals surface area (Å²) in [6.07, 6.45) is 1.04. The van der Waals surface area contributed by atoms with E-state index in [0.717, 1.165) is 24.7 Å². The summed E-state index contributed by atoms with van der Waals surface area (Å²) in [7, 11) is 0. The van der Waals surface area contributed by atoms with Crippen LogP contribution in [0.5, 0.6) is 0 Å². The molecule has 2 nitrogen and oxygen atoms in total. The Kier molecular flexibility index (Phi) is 3.27. The molecule has 12 heavy (non-hydrogen) atoms. The Morgan fingerprint density at radius 2 is 2.00 bits per heavy atom. The predicted octanol–water partition coefficient (Wildman–Crippen LogP) is 1.41. The van der Waals surface area contributed by atoms with Gasteiger partial charge in [0.1, 0.15) is 6.29 Å². The minimum atomic E-state index is 0.207. The van der Waals surface area contributed by atoms with E-state index in [9.17, 15) is 4.79 Å². The zero-order chi connectivity index (χ0) is 9.14. The van der Waals surface area contributed by atoms with Gasteiger partial charge in [-0.25, -0.2) is 0 Å². The van der Waals surface area contributed by atoms with E-state index in [1.165, 1.54) is 13.1 Å². The van der Waals surface area contributed by atoms with E-state index in [1.807, 2.05) is 6.92 Å². The lowest BCUT2D eigenvalue weighted by molar-refractivity contribution is -0.111. The second-order valence-electron chi connectivity index (χ2n) is 4.34. The van der Waals surface area contributed by atoms with Gasteiger partial charge in [0.05, 0.1) is 0 Å². The minimum absolute atomic E-state index is 0.207. The number of hydrogen-bond donors (Lipinski definition) is 0. The van der Waals surface area contributed by atoms with Crippen LogP contribution in [0.25, 0.3) is 0 Å². The van der Waals surface area contributed by atoms with Gasteiger partial charge in [0.15, 0.2) is 0 Å². The topological polar surface area (TPSA) is 20.3 Å². The Balaban J connectivity index is 2.13. The van der Waals surface area contributed by atoms with Crippen molar-refractivity contribution in [2.24, 2.45) is 17.8 Å². The lowest BCUT2D eigenvalue weighted by Crippen LogP contribution is -2.50. The normalized spacial score (nSPS) is 22.3. The fourth-order valence-corrected chi connectivity index (χ4v) is 1.63. The van der Waals surface area contributed by atoms with Crippen molar-refractivity contribution < 1.29 is 4.79 Å². The molecule has 1 saturated heterocycles. The summed E-state index contributed by atoms with van der Waals surface area (Å²) in [6, 6.07) is 0. The first kappa shape index (κ1) is 9.72. The molecular weight excluding hydrogens is 150 g/mol. The number of hydrogen-bond acceptors (Lipinski definition) is 2. The van der Waals surface area contributed by atoms with Gasteiger partial charge in [-0.05, 0) is 11.8 Å². The van der Waals surface area contributed by atoms with Gasteiger partial charge in [-0.2, -0.15) is 0 Å². The molecule has 0 amide bonds. The molecule has 1 aliphatic heterocycles. The van der Waals surface area contributed by atoms with Gasteiger partial charge < -0.3 is 9.69 Å². The Hall–Kier alpha value is -0.370. The van der Waals surface area contributed by atoms with Crippen molar-refractivity contribution in [1.29, 1.82) is 0 Å². The first-order chi connectivity index (χ1) is 5.63. The first-order valence-corrected chi connectivity index (χ1v) is 4.81. The summed E-state index contributed by atoms with van der Waals surface area (Å²) in [5.41, 5.74) is 0. The third-order valence-corrected chi connectivity index (χ3v) is 2.71. The molecular formula is C10H19NO. The summed E-state index contributed by atoms with van der Waals surface area (Å²) in [5.74, 6) is 1.87. The molecule has 70 valence electrons. The molecule has 1 rings (SSSR count). The molecule has 1 fully saturated rings. The average molecular weight is 169 g/mol. The van der Waals surface area contributed by atoms with Crippen LogP contribution in [0.2, 0.25) is 0 Å². The standard InChI is InChI=1S/C10H19NO/c1-8(2)10-5-11(6-10)4-9(3)7-12/h7-10H,4-6H2,1-3H3. The quantitative estimate of drug-likeness (QED) is 0.593. The molecule has 1 unspecified atom stereocenters. The first-order valence-electron chi connectivity index (χ1n) is 4.81. The van der Waals surface area contributed by atoms with Crippen molar-refractivity contribution >= 4 is 6.29 Å². The van der Waals surface area contributed by atoms with Gasteiger partial charge >= 0.3 is 0 Å². The van der Waals surface area contributed by atoms with Crippen LogP contribution in [-0.4, -0.2) is 30.8 Å². The predicted molar refractivity (Wildman–Crippen MR) is 50.0 cm³/mol. The highest BCUT2D eigenvalue weighted by molar-refractivity contribution is 5.53. The fourth-order valence-electron chi connectivity index (χ4n) is 1.63. The maximum atomic E-state index is 10.4. The third kappa shape index (κ3) is 2.31. The Bertz CT molecular complexity index is 150. The maximum absolute atomic E-state index is 10.4. The van der Waals surface area contributed by atoms with Crippen LogP contribution >= 0.6 is 0 Å². The second kappa shape index (κ2) is 4.04. The van der Waals surface area contributed by atoms with Gasteiger partial charge in [-0.3, -0.25) is 0 Å². The van der Waals surface area contributed by atoms with E-state index in [4.69, 9.17) is 0 Å². The molecule has 1 atom stereocenters. The zero-order valence-electron chi connectivity index (χ0n) is 8.29. The molecule has 0 aliphatic carbocycles. The smallest absolute Gasteiger partial charge is 0.124 e. The van der Waals surface area contributed by atoms with Crippen molar-refractivity contribution in [1.82, 2.24) is 4.90 Å². The summed E-state index contributed by atoms with van der Waals surface area (Å²) in [6.45, 7) is 9.85. The van der Waals surface area contributed by atoms with E-state index in [1.54, 1.807) is 0 Å². The van der Waals surface area contributed by atoms with Gasteiger partial charge in [0.2, 0.25) is 0 Å². The Morgan fingerprint density at radius 3 is 2.42 bits per heavy atom. The average Bonchev–Trinajstić information content (AvgIpc) is 1.94. The number of likely N-dealkylation sites (tertiary alicyclic amines) is 1. The van der Waals surface area contributed by atoms with Crippen LogP contribution in [0.3, 0.4) is 0 Å². The molecule has 0 bridgehead atoms. The lowest BCUT2D eigenvalue weighted by Gasteiger charge is -2.42. The van der Waals surface area contributed by atoms with E-state index >= 15 is 0 Å². The highest BCUT2D eigenvalue weighted by Crippen LogP contribution is 2.23. The van der Waals surface area contributed by atoms with E-state index in [-0.39, 0.29) is 5.92 Å². The summed E-state index contributed by atoms with van der Waals surface area (Å²) in [4.78, 5) is 12.7. The SMILES string of the molecule is CC(C=O)CN1CC(C(C)C)C1. The summed E-state index contributed by atoms with van der Waals surface area (Å²) < 4.78 is 0. The molecule has 0 spiro atoms. The third-order valence-electron chi connectivity index (χ3n) is 2.71. The van der Waals surface area contributed by atoms with Crippen LogP contribution in [0.1, 0.15) is 20.8 Å². The summed E-state index contributed by atoms with van der Waals surface area (Å²) in [5, 5.41) is 0. The van der Waals surface area contributed by atoms with Crippen LogP contribution in [0, 0.1) is 17.8 Å². The molecule has 0 aromatic carbocycles. The minimum Gasteiger partial charge on any atom is -0.303 e. The molecule has 0 radical (unpaired) electrons. The van der Waals surface area contributed by atoms with E-state index in [2.05, 4.69) is 18.7 Å². The number of carbonyl (C=O) groups excluding carboxylic acids is 1. The highest BCUT2D eigenvalue weighted by atomic mass is 16.1. The molecule has 0 aromatic rings. The summed E-state index contributed by atoms with van der Waals surface area (Å²) >= 11 is 0. The monoisotopic (exact) mass is 169 g/mol. The second-order valence-corrected chi connectivity index (χ2v) is 4.34. The van der Waals surface area contributed by atoms with Crippen LogP contribution in [0.4, 0.5) is 0 Å². The fraction of sp³-hybridized carbons (Fsp3) is 0.900. The number of carbonyl (C=O) groups is 1. The van der Waals surface area contributed by atoms with Crippen molar-refractivity contribution in [3.8, 4) is 0 Å². The molecule has 2 heteroatoms. The molecule has 0 aromatic heterocycles. The van der Waals surface area contributed by atoms with Gasteiger partial charge in [0, 0.05) is 25.6 Å². The zero-order valence-corrected chi connectivity index (χ0v) is 8.29. The molecule has 0 saturated carbocycles. The number of aldehydes is 1. The number of nitrogens with zero attached hydrogens (tertiary/aromatic N) is 1. The van der Waals surface area contributed by atoms with E-state index in [0.29, 0.717) is 0 Å². The van der Waals surface area contributed by atoms with Crippen LogP contribution in [-0.2, 0) is 4.79 Å². The Labute approximate surface area is 74.9 Å². The largest absolute Gasteiger partial charge is 0.303 e. The van der Waals surface area contributed by atoms with Gasteiger partial charge in [-0.15, -0.1) is 0 Å². The van der Waals surface area contributed by atoms with Gasteiger partial charge in [-0.1, -0.05) is 20.8 Å².